The van der Waals surface area contributed by atoms with Gasteiger partial charge < -0.3 is 10.1 Å². The summed E-state index contributed by atoms with van der Waals surface area (Å²) >= 11 is 0. The molecule has 3 atom stereocenters. The van der Waals surface area contributed by atoms with Gasteiger partial charge in [0.25, 0.3) is 0 Å². The van der Waals surface area contributed by atoms with Gasteiger partial charge in [-0.25, -0.2) is 0 Å². The summed E-state index contributed by atoms with van der Waals surface area (Å²) in [5.74, 6) is -0.278. The minimum absolute atomic E-state index is 0.0262. The molecule has 18 heavy (non-hydrogen) atoms. The lowest BCUT2D eigenvalue weighted by Gasteiger charge is -2.23. The van der Waals surface area contributed by atoms with E-state index >= 15 is 0 Å². The van der Waals surface area contributed by atoms with Crippen LogP contribution >= 0.6 is 0 Å². The molecule has 2 rings (SSSR count). The lowest BCUT2D eigenvalue weighted by atomic mass is 9.87. The first-order chi connectivity index (χ1) is 8.63. The van der Waals surface area contributed by atoms with Crippen molar-refractivity contribution in [3.8, 4) is 0 Å². The molecule has 98 valence electrons. The normalized spacial score (nSPS) is 27.2. The number of Topliss-reactive ketones (excluding diaryl/α,β-unsaturated/α-hetero) is 1. The maximum Gasteiger partial charge on any atom is 0.223 e. The lowest BCUT2D eigenvalue weighted by Crippen LogP contribution is -2.46. The highest BCUT2D eigenvalue weighted by molar-refractivity contribution is 5.96. The molecule has 0 saturated heterocycles. The second-order valence-corrected chi connectivity index (χ2v) is 4.94. The Kier molecular flexibility index (Phi) is 3.84. The summed E-state index contributed by atoms with van der Waals surface area (Å²) in [6.07, 6.45) is 7.04. The summed E-state index contributed by atoms with van der Waals surface area (Å²) in [5, 5.41) is 2.81. The molecule has 0 radical (unpaired) electrons. The van der Waals surface area contributed by atoms with Crippen LogP contribution in [-0.4, -0.2) is 24.3 Å². The molecule has 2 aliphatic rings. The maximum absolute atomic E-state index is 12.1. The standard InChI is InChI=1S/C14H19NO3/c1-3-4-9(2)14(17)15-12-6-5-10-7-18-8-11(10)13(12)16/h5-7,9,11-12H,3-4,8H2,1-2H3,(H,15,17). The van der Waals surface area contributed by atoms with Gasteiger partial charge >= 0.3 is 0 Å². The number of hydrogen-bond donors (Lipinski definition) is 1. The summed E-state index contributed by atoms with van der Waals surface area (Å²) in [5.41, 5.74) is 0.909. The summed E-state index contributed by atoms with van der Waals surface area (Å²) in [6, 6.07) is -0.499. The molecule has 0 spiro atoms. The first kappa shape index (κ1) is 12.9. The fraction of sp³-hybridized carbons (Fsp3) is 0.571. The molecule has 1 heterocycles. The van der Waals surface area contributed by atoms with Crippen LogP contribution < -0.4 is 5.32 Å². The predicted molar refractivity (Wildman–Crippen MR) is 67.7 cm³/mol. The van der Waals surface area contributed by atoms with Crippen molar-refractivity contribution in [2.24, 2.45) is 11.8 Å². The monoisotopic (exact) mass is 249 g/mol. The smallest absolute Gasteiger partial charge is 0.223 e. The number of carbonyl (C=O) groups excluding carboxylic acids is 2. The Morgan fingerprint density at radius 3 is 3.11 bits per heavy atom. The Morgan fingerprint density at radius 1 is 1.61 bits per heavy atom. The Hall–Kier alpha value is -1.58. The third-order valence-corrected chi connectivity index (χ3v) is 3.48. The number of ketones is 1. The van der Waals surface area contributed by atoms with Crippen molar-refractivity contribution in [3.05, 3.63) is 24.0 Å². The number of nitrogens with one attached hydrogen (secondary N) is 1. The summed E-state index contributed by atoms with van der Waals surface area (Å²) in [7, 11) is 0. The van der Waals surface area contributed by atoms with E-state index < -0.39 is 6.04 Å². The average Bonchev–Trinajstić information content (AvgIpc) is 2.82. The van der Waals surface area contributed by atoms with Crippen LogP contribution in [0.5, 0.6) is 0 Å². The van der Waals surface area contributed by atoms with E-state index in [1.165, 1.54) is 0 Å². The van der Waals surface area contributed by atoms with E-state index in [-0.39, 0.29) is 23.5 Å². The highest BCUT2D eigenvalue weighted by atomic mass is 16.5. The molecule has 1 amide bonds. The molecule has 1 N–H and O–H groups in total. The zero-order valence-corrected chi connectivity index (χ0v) is 10.8. The van der Waals surface area contributed by atoms with Gasteiger partial charge in [0.15, 0.2) is 5.78 Å². The van der Waals surface area contributed by atoms with Crippen molar-refractivity contribution >= 4 is 11.7 Å². The molecule has 4 heteroatoms. The van der Waals surface area contributed by atoms with E-state index in [1.807, 2.05) is 19.9 Å². The molecule has 0 aromatic heterocycles. The van der Waals surface area contributed by atoms with Gasteiger partial charge in [-0.3, -0.25) is 9.59 Å². The largest absolute Gasteiger partial charge is 0.500 e. The van der Waals surface area contributed by atoms with Crippen LogP contribution in [0.4, 0.5) is 0 Å². The molecule has 0 aromatic rings. The van der Waals surface area contributed by atoms with Gasteiger partial charge in [0.05, 0.1) is 12.2 Å². The molecule has 0 saturated carbocycles. The average molecular weight is 249 g/mol. The summed E-state index contributed by atoms with van der Waals surface area (Å²) in [6.45, 7) is 4.33. The number of amides is 1. The van der Waals surface area contributed by atoms with E-state index in [4.69, 9.17) is 4.74 Å². The number of ether oxygens (including phenoxy) is 1. The van der Waals surface area contributed by atoms with Crippen LogP contribution in [0.2, 0.25) is 0 Å². The van der Waals surface area contributed by atoms with E-state index in [1.54, 1.807) is 12.3 Å². The molecular weight excluding hydrogens is 230 g/mol. The predicted octanol–water partition coefficient (Wildman–Crippen LogP) is 1.58. The third kappa shape index (κ3) is 2.47. The van der Waals surface area contributed by atoms with Gasteiger partial charge in [0, 0.05) is 11.5 Å². The number of allylic oxidation sites excluding steroid dienone is 1. The van der Waals surface area contributed by atoms with Crippen LogP contribution in [0.15, 0.2) is 24.0 Å². The molecule has 3 unspecified atom stereocenters. The Morgan fingerprint density at radius 2 is 2.39 bits per heavy atom. The van der Waals surface area contributed by atoms with Crippen LogP contribution in [0.3, 0.4) is 0 Å². The molecule has 1 aliphatic heterocycles. The van der Waals surface area contributed by atoms with Crippen molar-refractivity contribution < 1.29 is 14.3 Å². The van der Waals surface area contributed by atoms with Gasteiger partial charge in [-0.05, 0) is 6.42 Å². The molecular formula is C14H19NO3. The summed E-state index contributed by atoms with van der Waals surface area (Å²) < 4.78 is 5.15. The Balaban J connectivity index is 1.99. The molecule has 0 aromatic carbocycles. The van der Waals surface area contributed by atoms with Crippen LogP contribution in [-0.2, 0) is 14.3 Å². The maximum atomic E-state index is 12.1. The first-order valence-corrected chi connectivity index (χ1v) is 6.47. The third-order valence-electron chi connectivity index (χ3n) is 3.48. The highest BCUT2D eigenvalue weighted by Gasteiger charge is 2.35. The minimum Gasteiger partial charge on any atom is -0.500 e. The van der Waals surface area contributed by atoms with Crippen LogP contribution in [0.25, 0.3) is 0 Å². The molecule has 1 aliphatic carbocycles. The van der Waals surface area contributed by atoms with Crippen LogP contribution in [0, 0.1) is 11.8 Å². The SMILES string of the molecule is CCCC(C)C(=O)NC1C=CC2=COCC2C1=O. The van der Waals surface area contributed by atoms with E-state index in [2.05, 4.69) is 5.32 Å². The fourth-order valence-electron chi connectivity index (χ4n) is 2.32. The fourth-order valence-corrected chi connectivity index (χ4v) is 2.32. The van der Waals surface area contributed by atoms with E-state index in [0.29, 0.717) is 6.61 Å². The molecule has 4 nitrogen and oxygen atoms in total. The zero-order valence-electron chi connectivity index (χ0n) is 10.8. The van der Waals surface area contributed by atoms with E-state index in [0.717, 1.165) is 18.4 Å². The van der Waals surface area contributed by atoms with Gasteiger partial charge in [0.2, 0.25) is 5.91 Å². The van der Waals surface area contributed by atoms with Crippen molar-refractivity contribution in [2.75, 3.05) is 6.61 Å². The van der Waals surface area contributed by atoms with Gasteiger partial charge in [-0.15, -0.1) is 0 Å². The Labute approximate surface area is 107 Å². The van der Waals surface area contributed by atoms with Gasteiger partial charge in [0.1, 0.15) is 12.6 Å². The highest BCUT2D eigenvalue weighted by Crippen LogP contribution is 2.26. The van der Waals surface area contributed by atoms with Crippen LogP contribution in [0.1, 0.15) is 26.7 Å². The number of hydrogen-bond acceptors (Lipinski definition) is 3. The second kappa shape index (κ2) is 5.38. The van der Waals surface area contributed by atoms with Gasteiger partial charge in [-0.1, -0.05) is 32.4 Å². The Bertz CT molecular complexity index is 411. The molecule has 0 fully saturated rings. The van der Waals surface area contributed by atoms with Gasteiger partial charge in [-0.2, -0.15) is 0 Å². The van der Waals surface area contributed by atoms with Crippen molar-refractivity contribution in [2.45, 2.75) is 32.7 Å². The summed E-state index contributed by atoms with van der Waals surface area (Å²) in [4.78, 5) is 24.0. The number of carbonyl (C=O) groups is 2. The lowest BCUT2D eigenvalue weighted by molar-refractivity contribution is -0.130. The van der Waals surface area contributed by atoms with Crippen molar-refractivity contribution in [1.29, 1.82) is 0 Å². The second-order valence-electron chi connectivity index (χ2n) is 4.94. The topological polar surface area (TPSA) is 55.4 Å². The number of rotatable bonds is 4. The minimum atomic E-state index is -0.499. The van der Waals surface area contributed by atoms with Crippen molar-refractivity contribution in [1.82, 2.24) is 5.32 Å². The number of fused-ring (bicyclic) bond motifs is 1. The zero-order chi connectivity index (χ0) is 13.1. The van der Waals surface area contributed by atoms with Crippen molar-refractivity contribution in [3.63, 3.8) is 0 Å². The van der Waals surface area contributed by atoms with E-state index in [9.17, 15) is 9.59 Å². The first-order valence-electron chi connectivity index (χ1n) is 6.47. The quantitative estimate of drug-likeness (QED) is 0.823. The molecule has 0 bridgehead atoms.